The van der Waals surface area contributed by atoms with Gasteiger partial charge in [0.25, 0.3) is 0 Å². The molecule has 0 aromatic carbocycles. The van der Waals surface area contributed by atoms with Crippen LogP contribution in [0.1, 0.15) is 129 Å². The number of ketones is 1. The van der Waals surface area contributed by atoms with E-state index in [1.165, 1.54) is 103 Å². The van der Waals surface area contributed by atoms with Gasteiger partial charge in [-0.05, 0) is 39.0 Å². The molecule has 0 aromatic rings. The molecule has 29 heavy (non-hydrogen) atoms. The molecule has 5 nitrogen and oxygen atoms in total. The van der Waals surface area contributed by atoms with Crippen LogP contribution in [0.15, 0.2) is 12.2 Å². The maximum Gasteiger partial charge on any atom is 0.394 e. The van der Waals surface area contributed by atoms with E-state index in [9.17, 15) is 4.79 Å². The summed E-state index contributed by atoms with van der Waals surface area (Å²) in [5.74, 6) is 0.344. The van der Waals surface area contributed by atoms with Crippen molar-refractivity contribution in [2.24, 2.45) is 0 Å². The summed E-state index contributed by atoms with van der Waals surface area (Å²) in [5, 5.41) is 0. The molecule has 0 amide bonds. The summed E-state index contributed by atoms with van der Waals surface area (Å²) in [7, 11) is -4.67. The van der Waals surface area contributed by atoms with Crippen LogP contribution < -0.4 is 0 Å². The third-order valence-corrected chi connectivity index (χ3v) is 4.79. The predicted molar refractivity (Wildman–Crippen MR) is 123 cm³/mol. The van der Waals surface area contributed by atoms with Crippen molar-refractivity contribution >= 4 is 16.2 Å². The van der Waals surface area contributed by atoms with Crippen molar-refractivity contribution in [1.29, 1.82) is 0 Å². The fourth-order valence-corrected chi connectivity index (χ4v) is 3.15. The molecule has 0 aromatic heterocycles. The Morgan fingerprint density at radius 2 is 0.966 bits per heavy atom. The van der Waals surface area contributed by atoms with Crippen LogP contribution in [0.5, 0.6) is 0 Å². The highest BCUT2D eigenvalue weighted by Gasteiger charge is 1.95. The number of carbonyl (C=O) groups excluding carboxylic acids is 1. The molecule has 0 aliphatic heterocycles. The molecule has 0 aliphatic rings. The van der Waals surface area contributed by atoms with E-state index in [-0.39, 0.29) is 0 Å². The van der Waals surface area contributed by atoms with Gasteiger partial charge in [0.05, 0.1) is 0 Å². The minimum atomic E-state index is -4.67. The smallest absolute Gasteiger partial charge is 0.300 e. The zero-order valence-corrected chi connectivity index (χ0v) is 19.7. The van der Waals surface area contributed by atoms with Crippen LogP contribution in [0, 0.1) is 0 Å². The lowest BCUT2D eigenvalue weighted by atomic mass is 10.0. The van der Waals surface area contributed by atoms with E-state index in [0.717, 1.165) is 12.8 Å². The fourth-order valence-electron chi connectivity index (χ4n) is 3.15. The number of allylic oxidation sites excluding steroid dienone is 2. The fraction of sp³-hybridized carbons (Fsp3) is 0.870. The van der Waals surface area contributed by atoms with Gasteiger partial charge >= 0.3 is 10.4 Å². The number of hydrogen-bond acceptors (Lipinski definition) is 3. The van der Waals surface area contributed by atoms with E-state index in [0.29, 0.717) is 5.78 Å². The molecule has 0 atom stereocenters. The van der Waals surface area contributed by atoms with Crippen molar-refractivity contribution in [1.82, 2.24) is 0 Å². The molecule has 0 bridgehead atoms. The Hall–Kier alpha value is -0.720. The second kappa shape index (κ2) is 23.6. The minimum Gasteiger partial charge on any atom is -0.300 e. The summed E-state index contributed by atoms with van der Waals surface area (Å²) in [4.78, 5) is 10.8. The summed E-state index contributed by atoms with van der Waals surface area (Å²) in [6, 6.07) is 0. The molecule has 0 radical (unpaired) electrons. The second-order valence-electron chi connectivity index (χ2n) is 7.90. The van der Waals surface area contributed by atoms with E-state index in [1.54, 1.807) is 6.92 Å². The SMILES string of the molecule is CCCCCCCC/C=C\CCCCCCCCCCCC(C)=O.O=S(=O)(O)O. The monoisotopic (exact) mass is 434 g/mol. The Kier molecular flexibility index (Phi) is 24.8. The van der Waals surface area contributed by atoms with E-state index < -0.39 is 10.4 Å². The average Bonchev–Trinajstić information content (AvgIpc) is 2.62. The van der Waals surface area contributed by atoms with Crippen LogP contribution in [-0.4, -0.2) is 23.3 Å². The Balaban J connectivity index is 0. The summed E-state index contributed by atoms with van der Waals surface area (Å²) < 4.78 is 31.6. The molecule has 0 spiro atoms. The second-order valence-corrected chi connectivity index (χ2v) is 8.79. The maximum atomic E-state index is 10.8. The van der Waals surface area contributed by atoms with E-state index in [4.69, 9.17) is 17.5 Å². The predicted octanol–water partition coefficient (Wildman–Crippen LogP) is 7.52. The van der Waals surface area contributed by atoms with Gasteiger partial charge in [-0.1, -0.05) is 96.1 Å². The number of Topliss-reactive ketones (excluding diaryl/α,β-unsaturated/α-hetero) is 1. The molecule has 0 rings (SSSR count). The molecular weight excluding hydrogens is 388 g/mol. The van der Waals surface area contributed by atoms with Crippen molar-refractivity contribution in [3.05, 3.63) is 12.2 Å². The largest absolute Gasteiger partial charge is 0.394 e. The highest BCUT2D eigenvalue weighted by Crippen LogP contribution is 2.12. The Morgan fingerprint density at radius 1 is 0.655 bits per heavy atom. The van der Waals surface area contributed by atoms with Gasteiger partial charge in [-0.25, -0.2) is 0 Å². The molecule has 0 unspecified atom stereocenters. The van der Waals surface area contributed by atoms with Gasteiger partial charge in [0.1, 0.15) is 5.78 Å². The van der Waals surface area contributed by atoms with Crippen molar-refractivity contribution < 1.29 is 22.3 Å². The highest BCUT2D eigenvalue weighted by atomic mass is 32.3. The first-order valence-corrected chi connectivity index (χ1v) is 13.0. The molecule has 0 aliphatic carbocycles. The van der Waals surface area contributed by atoms with Gasteiger partial charge in [-0.2, -0.15) is 8.42 Å². The lowest BCUT2D eigenvalue weighted by molar-refractivity contribution is -0.117. The molecule has 0 fully saturated rings. The van der Waals surface area contributed by atoms with Crippen LogP contribution in [-0.2, 0) is 15.2 Å². The molecule has 0 heterocycles. The summed E-state index contributed by atoms with van der Waals surface area (Å²) in [6.45, 7) is 3.98. The number of unbranched alkanes of at least 4 members (excludes halogenated alkanes) is 15. The van der Waals surface area contributed by atoms with Gasteiger partial charge in [0.2, 0.25) is 0 Å². The van der Waals surface area contributed by atoms with Crippen LogP contribution >= 0.6 is 0 Å². The molecular formula is C23H46O5S. The van der Waals surface area contributed by atoms with Crippen molar-refractivity contribution in [3.8, 4) is 0 Å². The van der Waals surface area contributed by atoms with Crippen LogP contribution in [0.25, 0.3) is 0 Å². The highest BCUT2D eigenvalue weighted by molar-refractivity contribution is 7.79. The third-order valence-electron chi connectivity index (χ3n) is 4.79. The Bertz CT molecular complexity index is 464. The van der Waals surface area contributed by atoms with E-state index in [2.05, 4.69) is 19.1 Å². The van der Waals surface area contributed by atoms with E-state index in [1.807, 2.05) is 0 Å². The van der Waals surface area contributed by atoms with Gasteiger partial charge in [-0.3, -0.25) is 9.11 Å². The first-order chi connectivity index (χ1) is 13.8. The van der Waals surface area contributed by atoms with Gasteiger partial charge in [0, 0.05) is 6.42 Å². The normalized spacial score (nSPS) is 11.4. The number of carbonyl (C=O) groups is 1. The van der Waals surface area contributed by atoms with Crippen molar-refractivity contribution in [2.45, 2.75) is 129 Å². The topological polar surface area (TPSA) is 91.7 Å². The van der Waals surface area contributed by atoms with Gasteiger partial charge < -0.3 is 4.79 Å². The zero-order chi connectivity index (χ0) is 22.2. The standard InChI is InChI=1S/C23H44O.H2O4S/c1-3-4-5-6-7-8-9-10-11-12-13-14-15-16-17-18-19-20-21-22-23(2)24;1-5(2,3)4/h10-11H,3-9,12-22H2,1-2H3;(H2,1,2,3,4)/b11-10-;. The quantitative estimate of drug-likeness (QED) is 0.125. The van der Waals surface area contributed by atoms with Crippen LogP contribution in [0.4, 0.5) is 0 Å². The lowest BCUT2D eigenvalue weighted by Crippen LogP contribution is -1.89. The van der Waals surface area contributed by atoms with Crippen LogP contribution in [0.3, 0.4) is 0 Å². The number of rotatable bonds is 19. The van der Waals surface area contributed by atoms with Gasteiger partial charge in [-0.15, -0.1) is 0 Å². The average molecular weight is 435 g/mol. The molecule has 0 saturated carbocycles. The Labute approximate surface area is 180 Å². The maximum absolute atomic E-state index is 10.8. The van der Waals surface area contributed by atoms with Crippen molar-refractivity contribution in [2.75, 3.05) is 0 Å². The molecule has 0 saturated heterocycles. The zero-order valence-electron chi connectivity index (χ0n) is 18.9. The molecule has 174 valence electrons. The molecule has 6 heteroatoms. The summed E-state index contributed by atoms with van der Waals surface area (Å²) in [5.41, 5.74) is 0. The third kappa shape index (κ3) is 42.4. The lowest BCUT2D eigenvalue weighted by Gasteiger charge is -2.01. The summed E-state index contributed by atoms with van der Waals surface area (Å²) >= 11 is 0. The Morgan fingerprint density at radius 3 is 1.31 bits per heavy atom. The minimum absolute atomic E-state index is 0.344. The van der Waals surface area contributed by atoms with Crippen molar-refractivity contribution in [3.63, 3.8) is 0 Å². The van der Waals surface area contributed by atoms with Gasteiger partial charge in [0.15, 0.2) is 0 Å². The first kappa shape index (κ1) is 30.5. The first-order valence-electron chi connectivity index (χ1n) is 11.6. The van der Waals surface area contributed by atoms with Crippen LogP contribution in [0.2, 0.25) is 0 Å². The summed E-state index contributed by atoms with van der Waals surface area (Å²) in [6.07, 6.45) is 28.5. The number of hydrogen-bond donors (Lipinski definition) is 2. The van der Waals surface area contributed by atoms with E-state index >= 15 is 0 Å². The molecule has 2 N–H and O–H groups in total.